The molecule has 0 aromatic rings. The van der Waals surface area contributed by atoms with E-state index in [0.717, 1.165) is 0 Å². The second-order valence-corrected chi connectivity index (χ2v) is 7.41. The Kier molecular flexibility index (Phi) is 16.6. The summed E-state index contributed by atoms with van der Waals surface area (Å²) < 4.78 is 3.07. The summed E-state index contributed by atoms with van der Waals surface area (Å²) in [4.78, 5) is 0. The van der Waals surface area contributed by atoms with Gasteiger partial charge in [-0.1, -0.05) is 0 Å². The third kappa shape index (κ3) is 9.02. The van der Waals surface area contributed by atoms with E-state index in [2.05, 4.69) is 13.8 Å². The number of hydrogen-bond donors (Lipinski definition) is 0. The zero-order valence-corrected chi connectivity index (χ0v) is 9.25. The summed E-state index contributed by atoms with van der Waals surface area (Å²) in [7, 11) is 0. The van der Waals surface area contributed by atoms with Crippen LogP contribution in [0.2, 0.25) is 8.35 Å². The maximum absolute atomic E-state index is 2.30. The van der Waals surface area contributed by atoms with E-state index in [4.69, 9.17) is 0 Å². The molecule has 0 radical (unpaired) electrons. The van der Waals surface area contributed by atoms with Gasteiger partial charge in [-0.2, -0.15) is 0 Å². The fraction of sp³-hybridized carbons (Fsp3) is 1.00. The van der Waals surface area contributed by atoms with Crippen LogP contribution in [0.25, 0.3) is 0 Å². The Bertz CT molecular complexity index is 15.0. The molecule has 0 aromatic carbocycles. The van der Waals surface area contributed by atoms with Crippen molar-refractivity contribution in [2.24, 2.45) is 0 Å². The molecule has 0 aliphatic rings. The van der Waals surface area contributed by atoms with Crippen LogP contribution in [-0.2, 0) is 0 Å². The fourth-order valence-corrected chi connectivity index (χ4v) is 1.94. The van der Waals surface area contributed by atoms with Crippen LogP contribution in [-0.4, -0.2) is 22.9 Å². The standard InChI is InChI=1S/2C2H5.BrH.In/c2*1-2;;/h2*1H2,2H3;1H;/q;;;+1/p-1. The molecule has 0 aromatic heterocycles. The average Bonchev–Trinajstić information content (AvgIpc) is 1.41. The molecule has 0 nitrogen and oxygen atoms in total. The van der Waals surface area contributed by atoms with Gasteiger partial charge < -0.3 is 17.0 Å². The zero-order valence-electron chi connectivity index (χ0n) is 4.37. The molecular formula is C4H10BrIn. The van der Waals surface area contributed by atoms with Crippen molar-refractivity contribution in [2.75, 3.05) is 0 Å². The molecule has 0 atom stereocenters. The first kappa shape index (κ1) is 10.4. The summed E-state index contributed by atoms with van der Waals surface area (Å²) in [5.41, 5.74) is 0. The summed E-state index contributed by atoms with van der Waals surface area (Å²) in [6.07, 6.45) is 0. The van der Waals surface area contributed by atoms with E-state index in [-0.39, 0.29) is 39.9 Å². The molecule has 36 valence electrons. The number of halogens is 1. The van der Waals surface area contributed by atoms with Crippen molar-refractivity contribution < 1.29 is 17.0 Å². The van der Waals surface area contributed by atoms with Gasteiger partial charge in [-0.3, -0.25) is 0 Å². The van der Waals surface area contributed by atoms with Gasteiger partial charge in [0.1, 0.15) is 0 Å². The monoisotopic (exact) mass is 252 g/mol. The summed E-state index contributed by atoms with van der Waals surface area (Å²) >= 11 is 0.0800. The maximum atomic E-state index is 2.30. The van der Waals surface area contributed by atoms with Crippen LogP contribution >= 0.6 is 0 Å². The average molecular weight is 253 g/mol. The van der Waals surface area contributed by atoms with Gasteiger partial charge in [-0.15, -0.1) is 0 Å². The minimum atomic E-state index is 0. The predicted molar refractivity (Wildman–Crippen MR) is 26.7 cm³/mol. The SMILES string of the molecule is C[CH2][In+][CH2]C.[Br-]. The van der Waals surface area contributed by atoms with Gasteiger partial charge in [0.25, 0.3) is 0 Å². The molecule has 0 aliphatic carbocycles. The minimum absolute atomic E-state index is 0. The van der Waals surface area contributed by atoms with Crippen LogP contribution < -0.4 is 17.0 Å². The second-order valence-electron chi connectivity index (χ2n) is 1.11. The molecule has 0 bridgehead atoms. The smallest absolute Gasteiger partial charge is 1.00 e. The summed E-state index contributed by atoms with van der Waals surface area (Å²) in [6.45, 7) is 4.59. The minimum Gasteiger partial charge on any atom is -1.00 e. The maximum Gasteiger partial charge on any atom is -1.00 e. The third-order valence-electron chi connectivity index (χ3n) is 0.577. The van der Waals surface area contributed by atoms with E-state index in [0.29, 0.717) is 0 Å². The van der Waals surface area contributed by atoms with Crippen molar-refractivity contribution in [1.29, 1.82) is 0 Å². The summed E-state index contributed by atoms with van der Waals surface area (Å²) in [6, 6.07) is 0. The molecule has 0 fully saturated rings. The first-order valence-electron chi connectivity index (χ1n) is 2.23. The fourth-order valence-electron chi connectivity index (χ4n) is 0.289. The summed E-state index contributed by atoms with van der Waals surface area (Å²) in [5, 5.41) is 0. The van der Waals surface area contributed by atoms with Crippen LogP contribution in [0.1, 0.15) is 13.8 Å². The van der Waals surface area contributed by atoms with Gasteiger partial charge >= 0.3 is 45.1 Å². The van der Waals surface area contributed by atoms with E-state index in [9.17, 15) is 0 Å². The molecule has 0 N–H and O–H groups in total. The van der Waals surface area contributed by atoms with Crippen molar-refractivity contribution in [1.82, 2.24) is 0 Å². The first-order valence-corrected chi connectivity index (χ1v) is 6.89. The Morgan fingerprint density at radius 3 is 1.50 bits per heavy atom. The normalized spacial score (nSPS) is 5.67. The molecule has 0 amide bonds. The Balaban J connectivity index is 0. The quantitative estimate of drug-likeness (QED) is 0.566. The molecule has 0 saturated heterocycles. The Hall–Kier alpha value is 1.35. The van der Waals surface area contributed by atoms with Crippen molar-refractivity contribution in [3.05, 3.63) is 0 Å². The topological polar surface area (TPSA) is 0 Å². The summed E-state index contributed by atoms with van der Waals surface area (Å²) in [5.74, 6) is 0. The second kappa shape index (κ2) is 9.61. The van der Waals surface area contributed by atoms with Crippen molar-refractivity contribution in [3.8, 4) is 0 Å². The Labute approximate surface area is 61.8 Å². The van der Waals surface area contributed by atoms with Gasteiger partial charge in [0, 0.05) is 0 Å². The molecule has 0 heterocycles. The van der Waals surface area contributed by atoms with Gasteiger partial charge in [0.15, 0.2) is 0 Å². The molecule has 0 aliphatic heterocycles. The molecular weight excluding hydrogens is 243 g/mol. The van der Waals surface area contributed by atoms with Gasteiger partial charge in [-0.05, 0) is 0 Å². The van der Waals surface area contributed by atoms with Gasteiger partial charge in [0.2, 0.25) is 0 Å². The van der Waals surface area contributed by atoms with E-state index in [1.54, 1.807) is 0 Å². The molecule has 0 spiro atoms. The van der Waals surface area contributed by atoms with Crippen molar-refractivity contribution in [3.63, 3.8) is 0 Å². The number of hydrogen-bond acceptors (Lipinski definition) is 0. The van der Waals surface area contributed by atoms with Crippen LogP contribution in [0.15, 0.2) is 0 Å². The Morgan fingerprint density at radius 1 is 1.17 bits per heavy atom. The van der Waals surface area contributed by atoms with E-state index in [1.165, 1.54) is 8.35 Å². The predicted octanol–water partition coefficient (Wildman–Crippen LogP) is -1.43. The van der Waals surface area contributed by atoms with Crippen molar-refractivity contribution in [2.45, 2.75) is 22.2 Å². The third-order valence-corrected chi connectivity index (χ3v) is 3.87. The largest absolute Gasteiger partial charge is 1.00 e. The zero-order chi connectivity index (χ0) is 4.12. The van der Waals surface area contributed by atoms with Gasteiger partial charge in [-0.25, -0.2) is 0 Å². The first-order chi connectivity index (χ1) is 2.41. The van der Waals surface area contributed by atoms with Gasteiger partial charge in [0.05, 0.1) is 0 Å². The molecule has 0 saturated carbocycles. The van der Waals surface area contributed by atoms with Crippen LogP contribution in [0.3, 0.4) is 0 Å². The van der Waals surface area contributed by atoms with Crippen molar-refractivity contribution >= 4 is 22.9 Å². The van der Waals surface area contributed by atoms with E-state index < -0.39 is 0 Å². The molecule has 0 rings (SSSR count). The van der Waals surface area contributed by atoms with Crippen LogP contribution in [0, 0.1) is 0 Å². The molecule has 6 heavy (non-hydrogen) atoms. The van der Waals surface area contributed by atoms with Crippen LogP contribution in [0.5, 0.6) is 0 Å². The molecule has 2 heteroatoms. The van der Waals surface area contributed by atoms with E-state index in [1.807, 2.05) is 0 Å². The molecule has 0 unspecified atom stereocenters. The number of rotatable bonds is 2. The van der Waals surface area contributed by atoms with E-state index >= 15 is 0 Å². The Morgan fingerprint density at radius 2 is 1.50 bits per heavy atom. The van der Waals surface area contributed by atoms with Crippen LogP contribution in [0.4, 0.5) is 0 Å².